The average molecular weight is 437 g/mol. The first-order chi connectivity index (χ1) is 14.5. The minimum absolute atomic E-state index is 0.208. The van der Waals surface area contributed by atoms with E-state index < -0.39 is 54.0 Å². The van der Waals surface area contributed by atoms with E-state index in [2.05, 4.69) is 0 Å². The Balaban J connectivity index is 2.31. The Hall–Kier alpha value is -2.45. The molecule has 1 aromatic rings. The minimum atomic E-state index is -1.17. The molecule has 1 aliphatic heterocycles. The van der Waals surface area contributed by atoms with Crippen LogP contribution in [0.15, 0.2) is 30.3 Å². The molecule has 0 saturated carbocycles. The SMILES string of the molecule is CC[C@H](OC(=O)C(C)(C)C)[C@H]1O[C@@H](OC(C)=O)[C@H](OC(C)=O)[C@H]1OCc1ccccc1. The lowest BCUT2D eigenvalue weighted by atomic mass is 9.96. The van der Waals surface area contributed by atoms with Crippen LogP contribution < -0.4 is 0 Å². The second kappa shape index (κ2) is 10.7. The first kappa shape index (κ1) is 24.8. The lowest BCUT2D eigenvalue weighted by molar-refractivity contribution is -0.202. The van der Waals surface area contributed by atoms with Crippen molar-refractivity contribution in [3.05, 3.63) is 35.9 Å². The van der Waals surface area contributed by atoms with Crippen molar-refractivity contribution < 1.29 is 38.1 Å². The number of ether oxygens (including phenoxy) is 5. The number of hydrogen-bond acceptors (Lipinski definition) is 8. The van der Waals surface area contributed by atoms with E-state index in [1.807, 2.05) is 37.3 Å². The zero-order chi connectivity index (χ0) is 23.2. The van der Waals surface area contributed by atoms with Crippen molar-refractivity contribution in [1.29, 1.82) is 0 Å². The Morgan fingerprint density at radius 2 is 1.61 bits per heavy atom. The van der Waals surface area contributed by atoms with Crippen LogP contribution in [0.1, 0.15) is 53.5 Å². The van der Waals surface area contributed by atoms with Crippen molar-refractivity contribution in [1.82, 2.24) is 0 Å². The maximum Gasteiger partial charge on any atom is 0.311 e. The summed E-state index contributed by atoms with van der Waals surface area (Å²) in [6.45, 7) is 9.80. The normalized spacial score (nSPS) is 24.3. The van der Waals surface area contributed by atoms with E-state index in [0.29, 0.717) is 6.42 Å². The summed E-state index contributed by atoms with van der Waals surface area (Å²) in [5.74, 6) is -1.56. The third-order valence-electron chi connectivity index (χ3n) is 4.72. The summed E-state index contributed by atoms with van der Waals surface area (Å²) in [4.78, 5) is 35.9. The molecule has 0 N–H and O–H groups in total. The Morgan fingerprint density at radius 3 is 2.13 bits per heavy atom. The second-order valence-electron chi connectivity index (χ2n) is 8.52. The molecule has 1 fully saturated rings. The molecule has 1 aliphatic rings. The summed E-state index contributed by atoms with van der Waals surface area (Å²) in [6, 6.07) is 9.44. The van der Waals surface area contributed by atoms with Gasteiger partial charge < -0.3 is 23.7 Å². The van der Waals surface area contributed by atoms with Gasteiger partial charge in [-0.25, -0.2) is 0 Å². The van der Waals surface area contributed by atoms with E-state index in [-0.39, 0.29) is 6.61 Å². The van der Waals surface area contributed by atoms with Crippen LogP contribution in [-0.4, -0.2) is 48.6 Å². The van der Waals surface area contributed by atoms with E-state index in [0.717, 1.165) is 5.56 Å². The number of esters is 3. The van der Waals surface area contributed by atoms with Gasteiger partial charge in [-0.05, 0) is 32.8 Å². The Bertz CT molecular complexity index is 755. The summed E-state index contributed by atoms with van der Waals surface area (Å²) in [5, 5.41) is 0. The van der Waals surface area contributed by atoms with Gasteiger partial charge >= 0.3 is 17.9 Å². The van der Waals surface area contributed by atoms with Crippen LogP contribution in [0.5, 0.6) is 0 Å². The van der Waals surface area contributed by atoms with Crippen LogP contribution in [0.25, 0.3) is 0 Å². The molecule has 0 bridgehead atoms. The molecule has 0 unspecified atom stereocenters. The smallest absolute Gasteiger partial charge is 0.311 e. The van der Waals surface area contributed by atoms with Gasteiger partial charge in [0.15, 0.2) is 6.10 Å². The highest BCUT2D eigenvalue weighted by Crippen LogP contribution is 2.33. The highest BCUT2D eigenvalue weighted by Gasteiger charge is 2.53. The number of carbonyl (C=O) groups is 3. The lowest BCUT2D eigenvalue weighted by Crippen LogP contribution is -2.45. The number of hydrogen-bond donors (Lipinski definition) is 0. The van der Waals surface area contributed by atoms with E-state index in [9.17, 15) is 14.4 Å². The van der Waals surface area contributed by atoms with Crippen LogP contribution in [0, 0.1) is 5.41 Å². The Kier molecular flexibility index (Phi) is 8.59. The van der Waals surface area contributed by atoms with Gasteiger partial charge in [-0.2, -0.15) is 0 Å². The zero-order valence-electron chi connectivity index (χ0n) is 19.0. The summed E-state index contributed by atoms with van der Waals surface area (Å²) < 4.78 is 28.4. The lowest BCUT2D eigenvalue weighted by Gasteiger charge is -2.30. The van der Waals surface area contributed by atoms with Crippen LogP contribution >= 0.6 is 0 Å². The Morgan fingerprint density at radius 1 is 1.00 bits per heavy atom. The first-order valence-electron chi connectivity index (χ1n) is 10.4. The van der Waals surface area contributed by atoms with Crippen LogP contribution in [0.3, 0.4) is 0 Å². The van der Waals surface area contributed by atoms with Crippen LogP contribution in [0.4, 0.5) is 0 Å². The van der Waals surface area contributed by atoms with Crippen molar-refractivity contribution >= 4 is 17.9 Å². The number of benzene rings is 1. The van der Waals surface area contributed by atoms with Gasteiger partial charge in [0.1, 0.15) is 18.3 Å². The van der Waals surface area contributed by atoms with Crippen molar-refractivity contribution in [3.8, 4) is 0 Å². The monoisotopic (exact) mass is 436 g/mol. The van der Waals surface area contributed by atoms with Crippen molar-refractivity contribution in [2.24, 2.45) is 5.41 Å². The fourth-order valence-corrected chi connectivity index (χ4v) is 3.18. The summed E-state index contributed by atoms with van der Waals surface area (Å²) in [6.07, 6.45) is -4.05. The molecule has 0 radical (unpaired) electrons. The topological polar surface area (TPSA) is 97.4 Å². The predicted molar refractivity (Wildman–Crippen MR) is 111 cm³/mol. The molecule has 0 spiro atoms. The molecular weight excluding hydrogens is 404 g/mol. The molecule has 0 aromatic heterocycles. The van der Waals surface area contributed by atoms with Gasteiger partial charge in [0, 0.05) is 13.8 Å². The molecule has 1 saturated heterocycles. The molecule has 31 heavy (non-hydrogen) atoms. The van der Waals surface area contributed by atoms with Gasteiger partial charge in [0.25, 0.3) is 0 Å². The predicted octanol–water partition coefficient (Wildman–Crippen LogP) is 3.16. The molecule has 0 amide bonds. The van der Waals surface area contributed by atoms with Gasteiger partial charge in [0.05, 0.1) is 12.0 Å². The van der Waals surface area contributed by atoms with Gasteiger partial charge in [-0.3, -0.25) is 14.4 Å². The van der Waals surface area contributed by atoms with Gasteiger partial charge in [-0.1, -0.05) is 37.3 Å². The summed E-state index contributed by atoms with van der Waals surface area (Å²) in [5.41, 5.74) is 0.190. The summed E-state index contributed by atoms with van der Waals surface area (Å²) in [7, 11) is 0. The van der Waals surface area contributed by atoms with Crippen LogP contribution in [-0.2, 0) is 44.7 Å². The maximum atomic E-state index is 12.5. The molecule has 8 nitrogen and oxygen atoms in total. The fraction of sp³-hybridized carbons (Fsp3) is 0.609. The van der Waals surface area contributed by atoms with E-state index in [4.69, 9.17) is 23.7 Å². The maximum absolute atomic E-state index is 12.5. The molecule has 0 aliphatic carbocycles. The van der Waals surface area contributed by atoms with E-state index in [1.54, 1.807) is 20.8 Å². The molecule has 8 heteroatoms. The molecule has 1 aromatic carbocycles. The molecule has 1 heterocycles. The van der Waals surface area contributed by atoms with Gasteiger partial charge in [0.2, 0.25) is 6.29 Å². The van der Waals surface area contributed by atoms with Crippen molar-refractivity contribution in [3.63, 3.8) is 0 Å². The quantitative estimate of drug-likeness (QED) is 0.453. The fourth-order valence-electron chi connectivity index (χ4n) is 3.18. The molecule has 5 atom stereocenters. The van der Waals surface area contributed by atoms with Crippen molar-refractivity contribution in [2.75, 3.05) is 0 Å². The Labute approximate surface area is 183 Å². The van der Waals surface area contributed by atoms with Crippen LogP contribution in [0.2, 0.25) is 0 Å². The molecular formula is C23H32O8. The zero-order valence-corrected chi connectivity index (χ0v) is 19.0. The average Bonchev–Trinajstić information content (AvgIpc) is 3.00. The standard InChI is InChI=1S/C23H32O8/c1-7-17(30-22(26)23(4,5)6)18-19(27-13-16-11-9-8-10-12-16)20(28-14(2)24)21(31-18)29-15(3)25/h8-12,17-21H,7,13H2,1-6H3/t17-,18+,19-,20+,21+/m0/s1. The third-order valence-corrected chi connectivity index (χ3v) is 4.72. The highest BCUT2D eigenvalue weighted by molar-refractivity contribution is 5.75. The molecule has 172 valence electrons. The van der Waals surface area contributed by atoms with E-state index >= 15 is 0 Å². The molecule has 2 rings (SSSR count). The van der Waals surface area contributed by atoms with Gasteiger partial charge in [-0.15, -0.1) is 0 Å². The second-order valence-corrected chi connectivity index (χ2v) is 8.52. The minimum Gasteiger partial charge on any atom is -0.459 e. The first-order valence-corrected chi connectivity index (χ1v) is 10.4. The summed E-state index contributed by atoms with van der Waals surface area (Å²) >= 11 is 0. The van der Waals surface area contributed by atoms with E-state index in [1.165, 1.54) is 13.8 Å². The highest BCUT2D eigenvalue weighted by atomic mass is 16.7. The number of carbonyl (C=O) groups excluding carboxylic acids is 3. The number of rotatable bonds is 8. The third kappa shape index (κ3) is 7.04. The van der Waals surface area contributed by atoms with Crippen molar-refractivity contribution in [2.45, 2.75) is 85.3 Å². The largest absolute Gasteiger partial charge is 0.459 e.